The van der Waals surface area contributed by atoms with Crippen LogP contribution in [0.25, 0.3) is 0 Å². The number of alkyl halides is 1. The van der Waals surface area contributed by atoms with Crippen molar-refractivity contribution >= 4 is 5.91 Å². The van der Waals surface area contributed by atoms with Gasteiger partial charge in [-0.15, -0.1) is 0 Å². The van der Waals surface area contributed by atoms with Crippen molar-refractivity contribution in [2.75, 3.05) is 6.86 Å². The maximum atomic E-state index is 14.4. The van der Waals surface area contributed by atoms with E-state index in [1.165, 1.54) is 12.1 Å². The van der Waals surface area contributed by atoms with Crippen LogP contribution in [-0.2, 0) is 0 Å². The topological polar surface area (TPSA) is 71.2 Å². The fourth-order valence-electron chi connectivity index (χ4n) is 2.75. The molecule has 29 heavy (non-hydrogen) atoms. The highest BCUT2D eigenvalue weighted by Crippen LogP contribution is 2.30. The lowest BCUT2D eigenvalue weighted by atomic mass is 9.96. The predicted octanol–water partition coefficient (Wildman–Crippen LogP) is 3.62. The minimum Gasteiger partial charge on any atom is -0.460 e. The summed E-state index contributed by atoms with van der Waals surface area (Å²) >= 11 is 0. The van der Waals surface area contributed by atoms with Gasteiger partial charge in [0.1, 0.15) is 11.6 Å². The molecule has 1 heterocycles. The van der Waals surface area contributed by atoms with Crippen molar-refractivity contribution in [1.29, 1.82) is 0 Å². The van der Waals surface area contributed by atoms with Crippen LogP contribution >= 0.6 is 0 Å². The smallest absolute Gasteiger partial charge is 0.253 e. The lowest BCUT2D eigenvalue weighted by Gasteiger charge is -2.21. The highest BCUT2D eigenvalue weighted by molar-refractivity contribution is 5.94. The van der Waals surface area contributed by atoms with Gasteiger partial charge in [-0.2, -0.15) is 0 Å². The van der Waals surface area contributed by atoms with E-state index in [9.17, 15) is 27.2 Å². The largest absolute Gasteiger partial charge is 0.460 e. The second-order valence-electron chi connectivity index (χ2n) is 5.93. The summed E-state index contributed by atoms with van der Waals surface area (Å²) in [6.07, 6.45) is 1.13. The molecule has 5 nitrogen and oxygen atoms in total. The van der Waals surface area contributed by atoms with Crippen LogP contribution in [0.15, 0.2) is 59.5 Å². The molecule has 0 saturated heterocycles. The Bertz CT molecular complexity index is 1060. The number of hydrogen-bond acceptors (Lipinski definition) is 3. The van der Waals surface area contributed by atoms with Crippen molar-refractivity contribution in [3.8, 4) is 5.75 Å². The van der Waals surface area contributed by atoms with Gasteiger partial charge in [-0.25, -0.2) is 17.6 Å². The second-order valence-corrected chi connectivity index (χ2v) is 5.93. The average Bonchev–Trinajstić information content (AvgIpc) is 2.69. The van der Waals surface area contributed by atoms with Crippen LogP contribution in [-0.4, -0.2) is 17.8 Å². The Hall–Kier alpha value is -3.62. The van der Waals surface area contributed by atoms with Crippen molar-refractivity contribution in [1.82, 2.24) is 10.3 Å². The van der Waals surface area contributed by atoms with E-state index in [1.54, 1.807) is 0 Å². The Kier molecular flexibility index (Phi) is 5.96. The second kappa shape index (κ2) is 8.59. The Morgan fingerprint density at radius 2 is 1.76 bits per heavy atom. The van der Waals surface area contributed by atoms with E-state index in [0.29, 0.717) is 0 Å². The lowest BCUT2D eigenvalue weighted by molar-refractivity contribution is 0.0941. The molecule has 0 radical (unpaired) electrons. The molecule has 1 amide bonds. The van der Waals surface area contributed by atoms with E-state index < -0.39 is 53.1 Å². The van der Waals surface area contributed by atoms with E-state index in [1.807, 2.05) is 0 Å². The van der Waals surface area contributed by atoms with Crippen LogP contribution in [0.2, 0.25) is 0 Å². The van der Waals surface area contributed by atoms with Gasteiger partial charge in [0.15, 0.2) is 11.6 Å². The molecule has 2 aromatic carbocycles. The predicted molar refractivity (Wildman–Crippen MR) is 95.7 cm³/mol. The van der Waals surface area contributed by atoms with Crippen LogP contribution < -0.4 is 15.6 Å². The molecule has 0 aliphatic rings. The van der Waals surface area contributed by atoms with E-state index in [4.69, 9.17) is 0 Å². The lowest BCUT2D eigenvalue weighted by Crippen LogP contribution is -2.31. The molecular formula is C20H14F4N2O3. The molecule has 9 heteroatoms. The maximum Gasteiger partial charge on any atom is 0.253 e. The van der Waals surface area contributed by atoms with E-state index in [-0.39, 0.29) is 11.1 Å². The molecule has 1 aromatic heterocycles. The molecule has 0 aliphatic carbocycles. The first-order chi connectivity index (χ1) is 13.9. The number of H-pyrrole nitrogens is 1. The zero-order chi connectivity index (χ0) is 21.0. The van der Waals surface area contributed by atoms with Gasteiger partial charge in [0, 0.05) is 12.3 Å². The van der Waals surface area contributed by atoms with Gasteiger partial charge in [-0.3, -0.25) is 9.59 Å². The molecule has 1 atom stereocenters. The van der Waals surface area contributed by atoms with Crippen molar-refractivity contribution in [3.63, 3.8) is 0 Å². The van der Waals surface area contributed by atoms with Crippen LogP contribution in [0.1, 0.15) is 27.5 Å². The molecular weight excluding hydrogens is 392 g/mol. The van der Waals surface area contributed by atoms with E-state index >= 15 is 0 Å². The van der Waals surface area contributed by atoms with E-state index in [0.717, 1.165) is 42.6 Å². The Balaban J connectivity index is 2.05. The maximum absolute atomic E-state index is 14.4. The monoisotopic (exact) mass is 406 g/mol. The number of carbonyl (C=O) groups is 1. The van der Waals surface area contributed by atoms with Gasteiger partial charge >= 0.3 is 0 Å². The minimum absolute atomic E-state index is 0.00418. The van der Waals surface area contributed by atoms with Crippen LogP contribution in [0.5, 0.6) is 5.75 Å². The molecule has 0 aliphatic heterocycles. The number of ether oxygens (including phenoxy) is 1. The highest BCUT2D eigenvalue weighted by atomic mass is 19.1. The van der Waals surface area contributed by atoms with Crippen LogP contribution in [0, 0.1) is 17.5 Å². The zero-order valence-electron chi connectivity index (χ0n) is 14.7. The summed E-state index contributed by atoms with van der Waals surface area (Å²) < 4.78 is 59.7. The molecule has 2 N–H and O–H groups in total. The molecule has 3 aromatic rings. The van der Waals surface area contributed by atoms with Crippen molar-refractivity contribution in [2.24, 2.45) is 0 Å². The van der Waals surface area contributed by atoms with E-state index in [2.05, 4.69) is 15.0 Å². The van der Waals surface area contributed by atoms with Crippen molar-refractivity contribution < 1.29 is 27.1 Å². The van der Waals surface area contributed by atoms with Crippen molar-refractivity contribution in [2.45, 2.75) is 6.04 Å². The third kappa shape index (κ3) is 4.45. The average molecular weight is 406 g/mol. The summed E-state index contributed by atoms with van der Waals surface area (Å²) in [6, 6.07) is 7.27. The standard InChI is InChI=1S/C20H14F4N2O3/c21-10-29-16-6-4-11(8-15(16)24)19(18-13(22)2-1-3-14(18)23)26-20(28)12-5-7-17(27)25-9-12/h1-9,19H,10H2,(H,25,27)(H,26,28). The summed E-state index contributed by atoms with van der Waals surface area (Å²) in [6.45, 7) is -1.26. The summed E-state index contributed by atoms with van der Waals surface area (Å²) in [5.41, 5.74) is -0.938. The van der Waals surface area contributed by atoms with Gasteiger partial charge in [0.05, 0.1) is 17.2 Å². The first-order valence-corrected chi connectivity index (χ1v) is 8.32. The molecule has 0 fully saturated rings. The Morgan fingerprint density at radius 1 is 1.03 bits per heavy atom. The van der Waals surface area contributed by atoms with Crippen LogP contribution in [0.3, 0.4) is 0 Å². The Labute approximate surface area is 162 Å². The number of benzene rings is 2. The molecule has 150 valence electrons. The number of aromatic amines is 1. The number of carbonyl (C=O) groups excluding carboxylic acids is 1. The van der Waals surface area contributed by atoms with Gasteiger partial charge in [0.25, 0.3) is 5.91 Å². The zero-order valence-corrected chi connectivity index (χ0v) is 14.7. The van der Waals surface area contributed by atoms with Gasteiger partial charge in [-0.05, 0) is 35.9 Å². The number of amides is 1. The number of pyridine rings is 1. The highest BCUT2D eigenvalue weighted by Gasteiger charge is 2.25. The number of rotatable bonds is 6. The third-order valence-electron chi connectivity index (χ3n) is 4.11. The quantitative estimate of drug-likeness (QED) is 0.615. The SMILES string of the molecule is O=C(NC(c1ccc(OCF)c(F)c1)c1c(F)cccc1F)c1ccc(=O)[nH]c1. The number of hydrogen-bond donors (Lipinski definition) is 2. The number of halogens is 4. The van der Waals surface area contributed by atoms with Crippen molar-refractivity contribution in [3.05, 3.63) is 99.2 Å². The first kappa shape index (κ1) is 20.1. The van der Waals surface area contributed by atoms with Gasteiger partial charge in [-0.1, -0.05) is 12.1 Å². The van der Waals surface area contributed by atoms with Crippen LogP contribution in [0.4, 0.5) is 17.6 Å². The van der Waals surface area contributed by atoms with Gasteiger partial charge < -0.3 is 15.0 Å². The first-order valence-electron chi connectivity index (χ1n) is 8.32. The summed E-state index contributed by atoms with van der Waals surface area (Å²) in [5.74, 6) is -4.04. The Morgan fingerprint density at radius 3 is 2.34 bits per heavy atom. The minimum atomic E-state index is -1.41. The number of aromatic nitrogens is 1. The summed E-state index contributed by atoms with van der Waals surface area (Å²) in [4.78, 5) is 26.0. The number of nitrogens with one attached hydrogen (secondary N) is 2. The molecule has 0 spiro atoms. The summed E-state index contributed by atoms with van der Waals surface area (Å²) in [5, 5.41) is 2.42. The molecule has 3 rings (SSSR count). The summed E-state index contributed by atoms with van der Waals surface area (Å²) in [7, 11) is 0. The molecule has 1 unspecified atom stereocenters. The normalized spacial score (nSPS) is 11.7. The third-order valence-corrected chi connectivity index (χ3v) is 4.11. The molecule has 0 bridgehead atoms. The molecule has 0 saturated carbocycles. The fraction of sp³-hybridized carbons (Fsp3) is 0.100. The van der Waals surface area contributed by atoms with Gasteiger partial charge in [0.2, 0.25) is 12.4 Å². The fourth-order valence-corrected chi connectivity index (χ4v) is 2.75.